The van der Waals surface area contributed by atoms with Gasteiger partial charge in [0.15, 0.2) is 6.61 Å². The molecule has 5 rings (SSSR count). The van der Waals surface area contributed by atoms with E-state index >= 15 is 0 Å². The molecule has 0 spiro atoms. The summed E-state index contributed by atoms with van der Waals surface area (Å²) in [6.07, 6.45) is 5.41. The molecular weight excluding hydrogens is 378 g/mol. The van der Waals surface area contributed by atoms with Crippen molar-refractivity contribution >= 4 is 33.5 Å². The molecule has 0 bridgehead atoms. The number of para-hydroxylation sites is 1. The van der Waals surface area contributed by atoms with Crippen LogP contribution >= 0.6 is 0 Å². The number of benzene rings is 3. The van der Waals surface area contributed by atoms with Crippen LogP contribution in [-0.4, -0.2) is 22.1 Å². The highest BCUT2D eigenvalue weighted by Gasteiger charge is 2.09. The van der Waals surface area contributed by atoms with Gasteiger partial charge in [-0.25, -0.2) is 4.98 Å². The lowest BCUT2D eigenvalue weighted by Crippen LogP contribution is -2.20. The van der Waals surface area contributed by atoms with Gasteiger partial charge in [-0.15, -0.1) is 0 Å². The fourth-order valence-corrected chi connectivity index (χ4v) is 3.48. The second kappa shape index (κ2) is 7.75. The van der Waals surface area contributed by atoms with E-state index in [2.05, 4.69) is 10.3 Å². The molecule has 1 amide bonds. The Morgan fingerprint density at radius 3 is 2.80 bits per heavy atom. The summed E-state index contributed by atoms with van der Waals surface area (Å²) in [5.41, 5.74) is 3.43. The van der Waals surface area contributed by atoms with Crippen molar-refractivity contribution in [2.75, 3.05) is 11.9 Å². The van der Waals surface area contributed by atoms with Crippen LogP contribution in [0.2, 0.25) is 0 Å². The predicted molar refractivity (Wildman–Crippen MR) is 116 cm³/mol. The van der Waals surface area contributed by atoms with Gasteiger partial charge in [0.1, 0.15) is 16.9 Å². The molecule has 3 aromatic carbocycles. The van der Waals surface area contributed by atoms with Gasteiger partial charge in [0.2, 0.25) is 0 Å². The van der Waals surface area contributed by atoms with Crippen molar-refractivity contribution in [3.8, 4) is 5.75 Å². The number of hydrogen-bond donors (Lipinski definition) is 1. The molecule has 6 nitrogen and oxygen atoms in total. The second-order valence-electron chi connectivity index (χ2n) is 7.03. The van der Waals surface area contributed by atoms with Gasteiger partial charge in [-0.05, 0) is 42.0 Å². The normalized spacial score (nSPS) is 11.1. The summed E-state index contributed by atoms with van der Waals surface area (Å²) < 4.78 is 13.5. The number of nitrogens with one attached hydrogen (secondary N) is 1. The molecule has 0 aliphatic heterocycles. The Bertz CT molecular complexity index is 1320. The van der Waals surface area contributed by atoms with E-state index in [1.165, 1.54) is 0 Å². The van der Waals surface area contributed by atoms with E-state index in [4.69, 9.17) is 9.15 Å². The number of furan rings is 1. The summed E-state index contributed by atoms with van der Waals surface area (Å²) in [7, 11) is 0. The molecule has 1 N–H and O–H groups in total. The van der Waals surface area contributed by atoms with Gasteiger partial charge in [0.25, 0.3) is 5.91 Å². The molecule has 0 radical (unpaired) electrons. The topological polar surface area (TPSA) is 69.3 Å². The van der Waals surface area contributed by atoms with Crippen LogP contribution in [0.3, 0.4) is 0 Å². The van der Waals surface area contributed by atoms with Crippen molar-refractivity contribution in [3.63, 3.8) is 0 Å². The summed E-state index contributed by atoms with van der Waals surface area (Å²) in [4.78, 5) is 16.4. The highest BCUT2D eigenvalue weighted by Crippen LogP contribution is 2.31. The number of carbonyl (C=O) groups is 1. The van der Waals surface area contributed by atoms with E-state index in [0.29, 0.717) is 12.3 Å². The summed E-state index contributed by atoms with van der Waals surface area (Å²) >= 11 is 0. The SMILES string of the molecule is O=C(COc1ccc2oc3ccccc3c2c1)Nc1cccc(Cn2ccnc2)c1. The Kier molecular flexibility index (Phi) is 4.65. The average molecular weight is 397 g/mol. The van der Waals surface area contributed by atoms with Crippen LogP contribution in [0.15, 0.2) is 89.9 Å². The minimum atomic E-state index is -0.216. The molecule has 0 saturated carbocycles. The number of hydrogen-bond acceptors (Lipinski definition) is 4. The number of imidazole rings is 1. The van der Waals surface area contributed by atoms with Crippen LogP contribution in [0.4, 0.5) is 5.69 Å². The van der Waals surface area contributed by atoms with Crippen molar-refractivity contribution in [3.05, 3.63) is 91.0 Å². The summed E-state index contributed by atoms with van der Waals surface area (Å²) in [5.74, 6) is 0.407. The maximum Gasteiger partial charge on any atom is 0.262 e. The van der Waals surface area contributed by atoms with E-state index in [0.717, 1.165) is 33.2 Å². The molecule has 2 heterocycles. The third-order valence-electron chi connectivity index (χ3n) is 4.85. The quantitative estimate of drug-likeness (QED) is 0.445. The van der Waals surface area contributed by atoms with Gasteiger partial charge in [-0.1, -0.05) is 30.3 Å². The largest absolute Gasteiger partial charge is 0.484 e. The summed E-state index contributed by atoms with van der Waals surface area (Å²) in [5, 5.41) is 4.88. The number of anilines is 1. The first-order valence-corrected chi connectivity index (χ1v) is 9.63. The molecule has 0 unspecified atom stereocenters. The van der Waals surface area contributed by atoms with Crippen LogP contribution < -0.4 is 10.1 Å². The van der Waals surface area contributed by atoms with E-state index in [1.54, 1.807) is 12.5 Å². The Morgan fingerprint density at radius 2 is 1.90 bits per heavy atom. The van der Waals surface area contributed by atoms with Crippen LogP contribution in [0.25, 0.3) is 21.9 Å². The van der Waals surface area contributed by atoms with Gasteiger partial charge in [-0.3, -0.25) is 4.79 Å². The first kappa shape index (κ1) is 18.0. The standard InChI is InChI=1S/C24H19N3O3/c28-24(26-18-5-3-4-17(12-18)14-27-11-10-25-16-27)15-29-19-8-9-23-21(13-19)20-6-1-2-7-22(20)30-23/h1-13,16H,14-15H2,(H,26,28). The van der Waals surface area contributed by atoms with Crippen LogP contribution in [0, 0.1) is 0 Å². The van der Waals surface area contributed by atoms with E-state index in [1.807, 2.05) is 77.5 Å². The van der Waals surface area contributed by atoms with Crippen molar-refractivity contribution < 1.29 is 13.9 Å². The van der Waals surface area contributed by atoms with Crippen molar-refractivity contribution in [2.45, 2.75) is 6.54 Å². The van der Waals surface area contributed by atoms with Gasteiger partial charge in [0, 0.05) is 35.4 Å². The number of rotatable bonds is 6. The minimum absolute atomic E-state index is 0.0764. The molecule has 0 aliphatic carbocycles. The van der Waals surface area contributed by atoms with E-state index < -0.39 is 0 Å². The molecular formula is C24H19N3O3. The Labute approximate surface area is 172 Å². The maximum atomic E-state index is 12.4. The van der Waals surface area contributed by atoms with Crippen LogP contribution in [0.5, 0.6) is 5.75 Å². The number of carbonyl (C=O) groups excluding carboxylic acids is 1. The van der Waals surface area contributed by atoms with Crippen molar-refractivity contribution in [2.24, 2.45) is 0 Å². The lowest BCUT2D eigenvalue weighted by molar-refractivity contribution is -0.118. The molecule has 30 heavy (non-hydrogen) atoms. The molecule has 0 aliphatic rings. The number of nitrogens with zero attached hydrogens (tertiary/aromatic N) is 2. The molecule has 6 heteroatoms. The maximum absolute atomic E-state index is 12.4. The van der Waals surface area contributed by atoms with Gasteiger partial charge in [-0.2, -0.15) is 0 Å². The summed E-state index contributed by atoms with van der Waals surface area (Å²) in [6, 6.07) is 21.2. The smallest absolute Gasteiger partial charge is 0.262 e. The van der Waals surface area contributed by atoms with E-state index in [9.17, 15) is 4.79 Å². The summed E-state index contributed by atoms with van der Waals surface area (Å²) in [6.45, 7) is 0.617. The lowest BCUT2D eigenvalue weighted by atomic mass is 10.1. The Balaban J connectivity index is 1.24. The molecule has 148 valence electrons. The Morgan fingerprint density at radius 1 is 1.00 bits per heavy atom. The fourth-order valence-electron chi connectivity index (χ4n) is 3.48. The molecule has 0 atom stereocenters. The van der Waals surface area contributed by atoms with E-state index in [-0.39, 0.29) is 12.5 Å². The first-order chi connectivity index (χ1) is 14.7. The third kappa shape index (κ3) is 3.75. The Hall–Kier alpha value is -4.06. The predicted octanol–water partition coefficient (Wildman–Crippen LogP) is 4.85. The number of ether oxygens (including phenoxy) is 1. The van der Waals surface area contributed by atoms with Crippen LogP contribution in [0.1, 0.15) is 5.56 Å². The fraction of sp³-hybridized carbons (Fsp3) is 0.0833. The highest BCUT2D eigenvalue weighted by molar-refractivity contribution is 6.05. The zero-order valence-electron chi connectivity index (χ0n) is 16.1. The zero-order valence-corrected chi connectivity index (χ0v) is 16.1. The highest BCUT2D eigenvalue weighted by atomic mass is 16.5. The number of amides is 1. The minimum Gasteiger partial charge on any atom is -0.484 e. The van der Waals surface area contributed by atoms with Gasteiger partial charge in [0.05, 0.1) is 6.33 Å². The lowest BCUT2D eigenvalue weighted by Gasteiger charge is -2.09. The first-order valence-electron chi connectivity index (χ1n) is 9.63. The van der Waals surface area contributed by atoms with Crippen molar-refractivity contribution in [1.29, 1.82) is 0 Å². The number of fused-ring (bicyclic) bond motifs is 3. The van der Waals surface area contributed by atoms with Crippen molar-refractivity contribution in [1.82, 2.24) is 9.55 Å². The monoisotopic (exact) mass is 397 g/mol. The zero-order chi connectivity index (χ0) is 20.3. The third-order valence-corrected chi connectivity index (χ3v) is 4.85. The average Bonchev–Trinajstić information content (AvgIpc) is 3.40. The number of aromatic nitrogens is 2. The van der Waals surface area contributed by atoms with Gasteiger partial charge >= 0.3 is 0 Å². The molecule has 5 aromatic rings. The van der Waals surface area contributed by atoms with Crippen LogP contribution in [-0.2, 0) is 11.3 Å². The molecule has 0 fully saturated rings. The second-order valence-corrected chi connectivity index (χ2v) is 7.03. The molecule has 2 aromatic heterocycles. The molecule has 0 saturated heterocycles. The van der Waals surface area contributed by atoms with Gasteiger partial charge < -0.3 is 19.0 Å².